The van der Waals surface area contributed by atoms with Crippen LogP contribution in [0.15, 0.2) is 0 Å². The molecule has 0 aromatic rings. The van der Waals surface area contributed by atoms with Gasteiger partial charge in [-0.2, -0.15) is 0 Å². The van der Waals surface area contributed by atoms with Gasteiger partial charge in [-0.05, 0) is 75.0 Å². The van der Waals surface area contributed by atoms with Gasteiger partial charge in [0, 0.05) is 6.42 Å². The highest BCUT2D eigenvalue weighted by Crippen LogP contribution is 2.71. The van der Waals surface area contributed by atoms with E-state index in [1.807, 2.05) is 20.8 Å². The van der Waals surface area contributed by atoms with Crippen LogP contribution in [0.5, 0.6) is 0 Å². The molecule has 0 spiro atoms. The van der Waals surface area contributed by atoms with E-state index in [-0.39, 0.29) is 6.09 Å². The first-order valence-corrected chi connectivity index (χ1v) is 9.96. The third-order valence-electron chi connectivity index (χ3n) is 7.42. The van der Waals surface area contributed by atoms with Gasteiger partial charge in [0.05, 0.1) is 5.54 Å². The van der Waals surface area contributed by atoms with Gasteiger partial charge in [0.25, 0.3) is 0 Å². The van der Waals surface area contributed by atoms with Crippen LogP contribution in [0.4, 0.5) is 4.79 Å². The SMILES string of the molecule is C[C@H]1CC[C@@H]2[C@H]1[C@H]1[C@@H](CC[C@@]2(CC=O)NC(=O)OC(C)(C)C)C1(C)C. The Morgan fingerprint density at radius 3 is 2.48 bits per heavy atom. The Morgan fingerprint density at radius 1 is 1.20 bits per heavy atom. The number of hydrogen-bond donors (Lipinski definition) is 1. The Hall–Kier alpha value is -1.06. The maximum atomic E-state index is 12.6. The van der Waals surface area contributed by atoms with Crippen molar-refractivity contribution in [2.75, 3.05) is 0 Å². The van der Waals surface area contributed by atoms with Crippen molar-refractivity contribution in [3.63, 3.8) is 0 Å². The molecule has 0 aromatic carbocycles. The summed E-state index contributed by atoms with van der Waals surface area (Å²) in [4.78, 5) is 24.1. The Kier molecular flexibility index (Phi) is 4.49. The van der Waals surface area contributed by atoms with E-state index < -0.39 is 11.1 Å². The summed E-state index contributed by atoms with van der Waals surface area (Å²) in [5.74, 6) is 3.14. The van der Waals surface area contributed by atoms with Crippen molar-refractivity contribution in [1.82, 2.24) is 5.32 Å². The van der Waals surface area contributed by atoms with Crippen molar-refractivity contribution >= 4 is 12.4 Å². The molecule has 1 N–H and O–H groups in total. The largest absolute Gasteiger partial charge is 0.444 e. The van der Waals surface area contributed by atoms with Crippen LogP contribution in [0.1, 0.15) is 73.6 Å². The molecule has 0 saturated heterocycles. The van der Waals surface area contributed by atoms with E-state index in [0.717, 1.165) is 37.4 Å². The first-order chi connectivity index (χ1) is 11.5. The second-order valence-corrected chi connectivity index (χ2v) is 10.4. The monoisotopic (exact) mass is 349 g/mol. The average Bonchev–Trinajstić information content (AvgIpc) is 2.83. The summed E-state index contributed by atoms with van der Waals surface area (Å²) in [6.07, 6.45) is 5.33. The highest BCUT2D eigenvalue weighted by molar-refractivity contribution is 5.70. The summed E-state index contributed by atoms with van der Waals surface area (Å²) < 4.78 is 5.54. The zero-order chi connectivity index (χ0) is 18.6. The normalized spacial score (nSPS) is 41.9. The van der Waals surface area contributed by atoms with Gasteiger partial charge < -0.3 is 14.8 Å². The summed E-state index contributed by atoms with van der Waals surface area (Å²) in [5, 5.41) is 3.20. The van der Waals surface area contributed by atoms with Gasteiger partial charge in [-0.1, -0.05) is 27.2 Å². The van der Waals surface area contributed by atoms with Crippen molar-refractivity contribution < 1.29 is 14.3 Å². The minimum atomic E-state index is -0.524. The fraction of sp³-hybridized carbons (Fsp3) is 0.905. The second kappa shape index (κ2) is 5.99. The summed E-state index contributed by atoms with van der Waals surface area (Å²) in [5.41, 5.74) is -0.534. The first kappa shape index (κ1) is 18.7. The lowest BCUT2D eigenvalue weighted by molar-refractivity contribution is -0.110. The summed E-state index contributed by atoms with van der Waals surface area (Å²) >= 11 is 0. The Labute approximate surface area is 152 Å². The van der Waals surface area contributed by atoms with Crippen LogP contribution >= 0.6 is 0 Å². The number of rotatable bonds is 3. The predicted molar refractivity (Wildman–Crippen MR) is 98.2 cm³/mol. The van der Waals surface area contributed by atoms with E-state index in [9.17, 15) is 9.59 Å². The highest BCUT2D eigenvalue weighted by Gasteiger charge is 2.67. The molecule has 4 nitrogen and oxygen atoms in total. The maximum absolute atomic E-state index is 12.6. The van der Waals surface area contributed by atoms with Crippen molar-refractivity contribution in [1.29, 1.82) is 0 Å². The standard InChI is InChI=1S/C21H35NO3/c1-13-7-8-14-16(13)17-15(20(17,5)6)9-10-21(14,11-12-23)22-18(24)25-19(2,3)4/h12-17H,7-11H2,1-6H3,(H,22,24)/t13-,14+,15+,16-,17+,21-/m0/s1. The van der Waals surface area contributed by atoms with Crippen molar-refractivity contribution in [2.45, 2.75) is 84.8 Å². The molecule has 3 aliphatic carbocycles. The molecule has 6 atom stereocenters. The lowest BCUT2D eigenvalue weighted by Gasteiger charge is -2.42. The van der Waals surface area contributed by atoms with Crippen molar-refractivity contribution in [3.05, 3.63) is 0 Å². The minimum Gasteiger partial charge on any atom is -0.444 e. The molecule has 3 rings (SSSR count). The molecule has 0 heterocycles. The van der Waals surface area contributed by atoms with Crippen LogP contribution in [0, 0.1) is 35.0 Å². The lowest BCUT2D eigenvalue weighted by Crippen LogP contribution is -2.56. The van der Waals surface area contributed by atoms with E-state index in [1.54, 1.807) is 0 Å². The molecule has 3 aliphatic rings. The van der Waals surface area contributed by atoms with E-state index in [1.165, 1.54) is 6.42 Å². The number of aldehydes is 1. The molecule has 0 aromatic heterocycles. The van der Waals surface area contributed by atoms with Gasteiger partial charge in [-0.15, -0.1) is 0 Å². The fourth-order valence-electron chi connectivity index (χ4n) is 6.29. The zero-order valence-electron chi connectivity index (χ0n) is 16.7. The van der Waals surface area contributed by atoms with Crippen LogP contribution in [-0.2, 0) is 9.53 Å². The smallest absolute Gasteiger partial charge is 0.408 e. The molecule has 3 saturated carbocycles. The molecule has 1 amide bonds. The third kappa shape index (κ3) is 3.21. The number of nitrogens with one attached hydrogen (secondary N) is 1. The van der Waals surface area contributed by atoms with Gasteiger partial charge in [0.15, 0.2) is 0 Å². The number of carbonyl (C=O) groups is 2. The average molecular weight is 350 g/mol. The summed E-state index contributed by atoms with van der Waals surface area (Å²) in [7, 11) is 0. The van der Waals surface area contributed by atoms with Gasteiger partial charge in [0.2, 0.25) is 0 Å². The molecular formula is C21H35NO3. The second-order valence-electron chi connectivity index (χ2n) is 10.4. The van der Waals surface area contributed by atoms with Crippen molar-refractivity contribution in [3.8, 4) is 0 Å². The molecule has 0 unspecified atom stereocenters. The third-order valence-corrected chi connectivity index (χ3v) is 7.42. The highest BCUT2D eigenvalue weighted by atomic mass is 16.6. The quantitative estimate of drug-likeness (QED) is 0.760. The van der Waals surface area contributed by atoms with Crippen LogP contribution < -0.4 is 5.32 Å². The van der Waals surface area contributed by atoms with Crippen LogP contribution in [0.3, 0.4) is 0 Å². The number of alkyl carbamates (subject to hydrolysis) is 1. The van der Waals surface area contributed by atoms with Gasteiger partial charge in [-0.3, -0.25) is 0 Å². The topological polar surface area (TPSA) is 55.4 Å². The molecule has 0 aliphatic heterocycles. The fourth-order valence-corrected chi connectivity index (χ4v) is 6.29. The van der Waals surface area contributed by atoms with Gasteiger partial charge in [0.1, 0.15) is 11.9 Å². The van der Waals surface area contributed by atoms with E-state index >= 15 is 0 Å². The van der Waals surface area contributed by atoms with Crippen LogP contribution in [0.25, 0.3) is 0 Å². The molecule has 3 fully saturated rings. The molecule has 25 heavy (non-hydrogen) atoms. The number of carbonyl (C=O) groups excluding carboxylic acids is 2. The van der Waals surface area contributed by atoms with E-state index in [2.05, 4.69) is 26.1 Å². The number of hydrogen-bond acceptors (Lipinski definition) is 3. The molecule has 0 bridgehead atoms. The Morgan fingerprint density at radius 2 is 1.88 bits per heavy atom. The number of fused-ring (bicyclic) bond motifs is 3. The molecule has 0 radical (unpaired) electrons. The van der Waals surface area contributed by atoms with Gasteiger partial charge in [-0.25, -0.2) is 4.79 Å². The minimum absolute atomic E-state index is 0.373. The number of ether oxygens (including phenoxy) is 1. The predicted octanol–water partition coefficient (Wildman–Crippen LogP) is 4.57. The van der Waals surface area contributed by atoms with E-state index in [0.29, 0.717) is 29.6 Å². The van der Waals surface area contributed by atoms with E-state index in [4.69, 9.17) is 4.74 Å². The van der Waals surface area contributed by atoms with Gasteiger partial charge >= 0.3 is 6.09 Å². The lowest BCUT2D eigenvalue weighted by atomic mass is 9.70. The van der Waals surface area contributed by atoms with Crippen LogP contribution in [-0.4, -0.2) is 23.5 Å². The van der Waals surface area contributed by atoms with Crippen molar-refractivity contribution in [2.24, 2.45) is 35.0 Å². The maximum Gasteiger partial charge on any atom is 0.408 e. The molecular weight excluding hydrogens is 314 g/mol. The molecule has 4 heteroatoms. The van der Waals surface area contributed by atoms with Crippen LogP contribution in [0.2, 0.25) is 0 Å². The zero-order valence-corrected chi connectivity index (χ0v) is 16.7. The molecule has 142 valence electrons. The number of amides is 1. The Balaban J connectivity index is 1.88. The summed E-state index contributed by atoms with van der Waals surface area (Å²) in [6, 6.07) is 0. The first-order valence-electron chi connectivity index (χ1n) is 9.96. The Bertz CT molecular complexity index is 550. The summed E-state index contributed by atoms with van der Waals surface area (Å²) in [6.45, 7) is 12.8.